The molecule has 35 heavy (non-hydrogen) atoms. The largest absolute Gasteiger partial charge is 0.462 e. The van der Waals surface area contributed by atoms with Crippen LogP contribution >= 0.6 is 0 Å². The fraction of sp³-hybridized carbons (Fsp3) is 0.800. The summed E-state index contributed by atoms with van der Waals surface area (Å²) in [5.41, 5.74) is 3.19. The molecule has 6 rings (SSSR count). The first-order valence-electron chi connectivity index (χ1n) is 14.2. The van der Waals surface area contributed by atoms with Crippen molar-refractivity contribution in [3.63, 3.8) is 0 Å². The standard InChI is InChI=1S/C30H43NO4/c1-17-7-5-9-29(3)13-25-19(11-23(17)29)21(27(32)34-25)15-31-16-22-20-12-24-18(2)8-6-10-30(24,4)14-26(20)35-28(22)33/h19-26,31H,1-2,5-16H2,3-4H3/t19-,20+,21+,22-,23-,24-,25-,26+,29+,30-/m0/s1. The molecule has 0 radical (unpaired) electrons. The Labute approximate surface area is 210 Å². The van der Waals surface area contributed by atoms with Crippen LogP contribution in [-0.2, 0) is 19.1 Å². The van der Waals surface area contributed by atoms with Gasteiger partial charge in [-0.2, -0.15) is 0 Å². The van der Waals surface area contributed by atoms with Crippen LogP contribution in [0.15, 0.2) is 24.3 Å². The van der Waals surface area contributed by atoms with Gasteiger partial charge < -0.3 is 14.8 Å². The average Bonchev–Trinajstić information content (AvgIpc) is 3.25. The Morgan fingerprint density at radius 2 is 1.23 bits per heavy atom. The van der Waals surface area contributed by atoms with Gasteiger partial charge in [-0.1, -0.05) is 38.2 Å². The van der Waals surface area contributed by atoms with Crippen molar-refractivity contribution in [3.8, 4) is 0 Å². The molecule has 10 atom stereocenters. The number of allylic oxidation sites excluding steroid dienone is 2. The molecule has 2 heterocycles. The van der Waals surface area contributed by atoms with E-state index in [4.69, 9.17) is 9.47 Å². The Bertz CT molecular complexity index is 869. The van der Waals surface area contributed by atoms with Crippen LogP contribution in [0.1, 0.15) is 78.1 Å². The molecule has 6 aliphatic rings. The maximum absolute atomic E-state index is 12.9. The molecule has 1 N–H and O–H groups in total. The Balaban J connectivity index is 1.10. The summed E-state index contributed by atoms with van der Waals surface area (Å²) >= 11 is 0. The van der Waals surface area contributed by atoms with Gasteiger partial charge in [0.05, 0.1) is 11.8 Å². The highest BCUT2D eigenvalue weighted by Crippen LogP contribution is 2.58. The van der Waals surface area contributed by atoms with Crippen molar-refractivity contribution in [3.05, 3.63) is 24.3 Å². The zero-order chi connectivity index (χ0) is 24.5. The van der Waals surface area contributed by atoms with E-state index in [1.807, 2.05) is 0 Å². The summed E-state index contributed by atoms with van der Waals surface area (Å²) in [6.07, 6.45) is 11.1. The van der Waals surface area contributed by atoms with Crippen molar-refractivity contribution in [2.24, 2.45) is 46.3 Å². The second kappa shape index (κ2) is 8.46. The van der Waals surface area contributed by atoms with Crippen LogP contribution in [0.4, 0.5) is 0 Å². The molecule has 192 valence electrons. The summed E-state index contributed by atoms with van der Waals surface area (Å²) in [5, 5.41) is 3.54. The lowest BCUT2D eigenvalue weighted by molar-refractivity contribution is -0.146. The number of rotatable bonds is 4. The van der Waals surface area contributed by atoms with Gasteiger partial charge in [-0.15, -0.1) is 0 Å². The highest BCUT2D eigenvalue weighted by molar-refractivity contribution is 5.76. The molecule has 0 bridgehead atoms. The van der Waals surface area contributed by atoms with Crippen LogP contribution < -0.4 is 5.32 Å². The SMILES string of the molecule is C=C1CCC[C@@]2(C)C[C@H]3OC(=O)[C@@H](CNC[C@H]4C(=O)O[C@H]5C[C@@]6(C)CCCC(=C)[C@@H]6C[C@H]54)[C@H]3C[C@@H]12. The number of esters is 2. The molecule has 4 saturated carbocycles. The molecule has 0 aromatic rings. The lowest BCUT2D eigenvalue weighted by Crippen LogP contribution is -2.46. The minimum atomic E-state index is -0.125. The predicted molar refractivity (Wildman–Crippen MR) is 134 cm³/mol. The summed E-state index contributed by atoms with van der Waals surface area (Å²) in [6.45, 7) is 14.7. The average molecular weight is 482 g/mol. The second-order valence-electron chi connectivity index (χ2n) is 13.5. The fourth-order valence-corrected chi connectivity index (χ4v) is 9.37. The quantitative estimate of drug-likeness (QED) is 0.441. The van der Waals surface area contributed by atoms with Crippen LogP contribution in [0.5, 0.6) is 0 Å². The van der Waals surface area contributed by atoms with E-state index in [1.165, 1.54) is 36.8 Å². The molecular formula is C30H43NO4. The van der Waals surface area contributed by atoms with Crippen molar-refractivity contribution in [2.45, 2.75) is 90.3 Å². The number of hydrogen-bond donors (Lipinski definition) is 1. The molecule has 0 aromatic carbocycles. The van der Waals surface area contributed by atoms with Crippen LogP contribution in [0.3, 0.4) is 0 Å². The van der Waals surface area contributed by atoms with Gasteiger partial charge >= 0.3 is 11.9 Å². The van der Waals surface area contributed by atoms with Crippen molar-refractivity contribution < 1.29 is 19.1 Å². The molecule has 0 amide bonds. The maximum atomic E-state index is 12.9. The van der Waals surface area contributed by atoms with Crippen LogP contribution in [-0.4, -0.2) is 37.2 Å². The van der Waals surface area contributed by atoms with Crippen molar-refractivity contribution >= 4 is 11.9 Å². The second-order valence-corrected chi connectivity index (χ2v) is 13.5. The molecule has 6 fully saturated rings. The monoisotopic (exact) mass is 481 g/mol. The summed E-state index contributed by atoms with van der Waals surface area (Å²) in [4.78, 5) is 25.8. The van der Waals surface area contributed by atoms with E-state index in [0.29, 0.717) is 24.9 Å². The normalized spacial score (nSPS) is 49.0. The van der Waals surface area contributed by atoms with Crippen LogP contribution in [0.2, 0.25) is 0 Å². The van der Waals surface area contributed by atoms with Gasteiger partial charge in [-0.05, 0) is 86.9 Å². The minimum absolute atomic E-state index is 0.0376. The molecule has 5 heteroatoms. The Kier molecular flexibility index (Phi) is 5.75. The number of nitrogens with one attached hydrogen (secondary N) is 1. The van der Waals surface area contributed by atoms with Crippen molar-refractivity contribution in [1.29, 1.82) is 0 Å². The first-order valence-corrected chi connectivity index (χ1v) is 14.2. The summed E-state index contributed by atoms with van der Waals surface area (Å²) in [5.74, 6) is 1.15. The van der Waals surface area contributed by atoms with Gasteiger partial charge in [0.2, 0.25) is 0 Å². The van der Waals surface area contributed by atoms with E-state index >= 15 is 0 Å². The molecule has 2 saturated heterocycles. The lowest BCUT2D eigenvalue weighted by atomic mass is 9.55. The van der Waals surface area contributed by atoms with Gasteiger partial charge in [0.15, 0.2) is 0 Å². The number of carbonyl (C=O) groups excluding carboxylic acids is 2. The van der Waals surface area contributed by atoms with Crippen molar-refractivity contribution in [1.82, 2.24) is 5.32 Å². The minimum Gasteiger partial charge on any atom is -0.462 e. The first kappa shape index (κ1) is 23.8. The van der Waals surface area contributed by atoms with E-state index in [9.17, 15) is 9.59 Å². The maximum Gasteiger partial charge on any atom is 0.310 e. The van der Waals surface area contributed by atoms with Crippen LogP contribution in [0, 0.1) is 46.3 Å². The number of fused-ring (bicyclic) bond motifs is 4. The summed E-state index contributed by atoms with van der Waals surface area (Å²) in [7, 11) is 0. The molecule has 2 aliphatic heterocycles. The van der Waals surface area contributed by atoms with Gasteiger partial charge in [0.1, 0.15) is 12.2 Å². The fourth-order valence-electron chi connectivity index (χ4n) is 9.37. The zero-order valence-electron chi connectivity index (χ0n) is 21.7. The van der Waals surface area contributed by atoms with E-state index in [2.05, 4.69) is 32.3 Å². The van der Waals surface area contributed by atoms with E-state index in [0.717, 1.165) is 38.5 Å². The predicted octanol–water partition coefficient (Wildman–Crippen LogP) is 5.20. The highest BCUT2D eigenvalue weighted by atomic mass is 16.6. The van der Waals surface area contributed by atoms with Crippen molar-refractivity contribution in [2.75, 3.05) is 13.1 Å². The third-order valence-corrected chi connectivity index (χ3v) is 11.4. The van der Waals surface area contributed by atoms with E-state index < -0.39 is 0 Å². The van der Waals surface area contributed by atoms with E-state index in [-0.39, 0.29) is 58.6 Å². The zero-order valence-corrected chi connectivity index (χ0v) is 21.7. The third kappa shape index (κ3) is 3.83. The highest BCUT2D eigenvalue weighted by Gasteiger charge is 2.56. The van der Waals surface area contributed by atoms with Gasteiger partial charge in [0, 0.05) is 24.9 Å². The molecule has 4 aliphatic carbocycles. The van der Waals surface area contributed by atoms with Gasteiger partial charge in [-0.3, -0.25) is 9.59 Å². The molecule has 0 aromatic heterocycles. The number of ether oxygens (including phenoxy) is 2. The van der Waals surface area contributed by atoms with E-state index in [1.54, 1.807) is 0 Å². The molecular weight excluding hydrogens is 438 g/mol. The molecule has 0 spiro atoms. The summed E-state index contributed by atoms with van der Waals surface area (Å²) < 4.78 is 11.9. The Morgan fingerprint density at radius 3 is 1.66 bits per heavy atom. The topological polar surface area (TPSA) is 64.6 Å². The molecule has 0 unspecified atom stereocenters. The summed E-state index contributed by atoms with van der Waals surface area (Å²) in [6, 6.07) is 0. The smallest absolute Gasteiger partial charge is 0.310 e. The Morgan fingerprint density at radius 1 is 0.800 bits per heavy atom. The van der Waals surface area contributed by atoms with Crippen LogP contribution in [0.25, 0.3) is 0 Å². The Hall–Kier alpha value is -1.62. The number of hydrogen-bond acceptors (Lipinski definition) is 5. The lowest BCUT2D eigenvalue weighted by Gasteiger charge is -2.50. The third-order valence-electron chi connectivity index (χ3n) is 11.4. The first-order chi connectivity index (χ1) is 16.7. The molecule has 5 nitrogen and oxygen atoms in total. The number of carbonyl (C=O) groups is 2. The van der Waals surface area contributed by atoms with Gasteiger partial charge in [-0.25, -0.2) is 0 Å². The van der Waals surface area contributed by atoms with Gasteiger partial charge in [0.25, 0.3) is 0 Å².